The summed E-state index contributed by atoms with van der Waals surface area (Å²) in [6.07, 6.45) is 0. The van der Waals surface area contributed by atoms with Crippen LogP contribution in [0.3, 0.4) is 0 Å². The Bertz CT molecular complexity index is 506. The molecule has 1 N–H and O–H groups in total. The van der Waals surface area contributed by atoms with Gasteiger partial charge < -0.3 is 5.32 Å². The van der Waals surface area contributed by atoms with Crippen molar-refractivity contribution in [3.05, 3.63) is 23.3 Å². The minimum atomic E-state index is -3.09. The number of anilines is 1. The first-order valence-electron chi connectivity index (χ1n) is 5.01. The van der Waals surface area contributed by atoms with Crippen LogP contribution in [-0.4, -0.2) is 20.2 Å². The average Bonchev–Trinajstić information content (AvgIpc) is 2.07. The van der Waals surface area contributed by atoms with E-state index >= 15 is 0 Å². The van der Waals surface area contributed by atoms with Crippen LogP contribution < -0.4 is 5.32 Å². The van der Waals surface area contributed by atoms with Gasteiger partial charge in [0.1, 0.15) is 0 Å². The molecule has 0 saturated heterocycles. The number of nitrogens with one attached hydrogen (secondary N) is 1. The minimum absolute atomic E-state index is 0.00962. The number of benzene rings is 1. The molecule has 1 heterocycles. The van der Waals surface area contributed by atoms with E-state index in [1.54, 1.807) is 6.07 Å². The van der Waals surface area contributed by atoms with Crippen LogP contribution in [0.15, 0.2) is 17.0 Å². The van der Waals surface area contributed by atoms with Gasteiger partial charge in [0.25, 0.3) is 0 Å². The molecule has 0 radical (unpaired) electrons. The van der Waals surface area contributed by atoms with Gasteiger partial charge in [0.2, 0.25) is 0 Å². The maximum atomic E-state index is 11.9. The number of sulfone groups is 1. The molecule has 15 heavy (non-hydrogen) atoms. The summed E-state index contributed by atoms with van der Waals surface area (Å²) in [5.74, 6) is 0.183. The monoisotopic (exact) mass is 225 g/mol. The van der Waals surface area contributed by atoms with Crippen molar-refractivity contribution in [3.8, 4) is 0 Å². The van der Waals surface area contributed by atoms with E-state index in [1.165, 1.54) is 0 Å². The van der Waals surface area contributed by atoms with Gasteiger partial charge in [-0.2, -0.15) is 0 Å². The molecule has 1 aliphatic rings. The van der Waals surface area contributed by atoms with Gasteiger partial charge in [0.05, 0.1) is 16.3 Å². The summed E-state index contributed by atoms with van der Waals surface area (Å²) in [7, 11) is -3.09. The highest BCUT2D eigenvalue weighted by Gasteiger charge is 2.27. The van der Waals surface area contributed by atoms with Crippen LogP contribution in [-0.2, 0) is 9.84 Å². The van der Waals surface area contributed by atoms with Gasteiger partial charge in [-0.3, -0.25) is 0 Å². The quantitative estimate of drug-likeness (QED) is 0.733. The van der Waals surface area contributed by atoms with Crippen molar-refractivity contribution >= 4 is 15.5 Å². The highest BCUT2D eigenvalue weighted by atomic mass is 32.2. The standard InChI is InChI=1S/C11H15NO2S/c1-7-4-10-11(5-8(7)2)15(13,14)6-9(3)12-10/h4-5,9,12H,6H2,1-3H3. The molecule has 0 aliphatic carbocycles. The molecule has 0 spiro atoms. The predicted molar refractivity (Wildman–Crippen MR) is 61.1 cm³/mol. The average molecular weight is 225 g/mol. The van der Waals surface area contributed by atoms with E-state index in [9.17, 15) is 8.42 Å². The number of rotatable bonds is 0. The molecule has 4 heteroatoms. The molecule has 0 amide bonds. The fourth-order valence-electron chi connectivity index (χ4n) is 1.89. The molecule has 0 fully saturated rings. The molecule has 82 valence electrons. The van der Waals surface area contributed by atoms with Crippen LogP contribution >= 0.6 is 0 Å². The van der Waals surface area contributed by atoms with Crippen molar-refractivity contribution in [2.75, 3.05) is 11.1 Å². The van der Waals surface area contributed by atoms with Gasteiger partial charge in [-0.15, -0.1) is 0 Å². The molecule has 1 atom stereocenters. The fraction of sp³-hybridized carbons (Fsp3) is 0.455. The van der Waals surface area contributed by atoms with E-state index in [2.05, 4.69) is 5.32 Å². The second-order valence-corrected chi connectivity index (χ2v) is 6.26. The third-order valence-electron chi connectivity index (χ3n) is 2.80. The van der Waals surface area contributed by atoms with Crippen molar-refractivity contribution in [2.24, 2.45) is 0 Å². The van der Waals surface area contributed by atoms with Gasteiger partial charge >= 0.3 is 0 Å². The molecular formula is C11H15NO2S. The van der Waals surface area contributed by atoms with E-state index in [4.69, 9.17) is 0 Å². The minimum Gasteiger partial charge on any atom is -0.380 e. The molecule has 1 aromatic carbocycles. The Kier molecular flexibility index (Phi) is 2.26. The second-order valence-electron chi connectivity index (χ2n) is 4.26. The fourth-order valence-corrected chi connectivity index (χ4v) is 3.62. The number of fused-ring (bicyclic) bond motifs is 1. The molecule has 2 rings (SSSR count). The van der Waals surface area contributed by atoms with Gasteiger partial charge in [0, 0.05) is 6.04 Å². The first kappa shape index (κ1) is 10.5. The highest BCUT2D eigenvalue weighted by Crippen LogP contribution is 2.30. The highest BCUT2D eigenvalue weighted by molar-refractivity contribution is 7.91. The zero-order chi connectivity index (χ0) is 11.2. The summed E-state index contributed by atoms with van der Waals surface area (Å²) in [5, 5.41) is 3.20. The van der Waals surface area contributed by atoms with Crippen LogP contribution in [0.2, 0.25) is 0 Å². The zero-order valence-electron chi connectivity index (χ0n) is 9.16. The van der Waals surface area contributed by atoms with E-state index in [0.717, 1.165) is 16.8 Å². The van der Waals surface area contributed by atoms with Crippen molar-refractivity contribution < 1.29 is 8.42 Å². The summed E-state index contributed by atoms with van der Waals surface area (Å²) in [6, 6.07) is 3.67. The SMILES string of the molecule is Cc1cc2c(cc1C)S(=O)(=O)CC(C)N2. The molecule has 1 unspecified atom stereocenters. The Morgan fingerprint density at radius 1 is 1.27 bits per heavy atom. The molecule has 1 aromatic rings. The number of aryl methyl sites for hydroxylation is 2. The van der Waals surface area contributed by atoms with Gasteiger partial charge in [-0.05, 0) is 44.0 Å². The van der Waals surface area contributed by atoms with Gasteiger partial charge in [-0.25, -0.2) is 8.42 Å². The molecular weight excluding hydrogens is 210 g/mol. The lowest BCUT2D eigenvalue weighted by Gasteiger charge is -2.25. The van der Waals surface area contributed by atoms with Crippen LogP contribution in [0.4, 0.5) is 5.69 Å². The largest absolute Gasteiger partial charge is 0.380 e. The summed E-state index contributed by atoms with van der Waals surface area (Å²) in [5.41, 5.74) is 2.89. The third-order valence-corrected chi connectivity index (χ3v) is 4.75. The Morgan fingerprint density at radius 2 is 1.87 bits per heavy atom. The Balaban J connectivity index is 2.68. The predicted octanol–water partition coefficient (Wildman–Crippen LogP) is 1.89. The Morgan fingerprint density at radius 3 is 2.53 bits per heavy atom. The second kappa shape index (κ2) is 3.23. The van der Waals surface area contributed by atoms with Crippen molar-refractivity contribution in [1.82, 2.24) is 0 Å². The smallest absolute Gasteiger partial charge is 0.182 e. The number of hydrogen-bond donors (Lipinski definition) is 1. The van der Waals surface area contributed by atoms with Crippen molar-refractivity contribution in [3.63, 3.8) is 0 Å². The van der Waals surface area contributed by atoms with Crippen LogP contribution in [0, 0.1) is 13.8 Å². The van der Waals surface area contributed by atoms with E-state index in [1.807, 2.05) is 26.8 Å². The summed E-state index contributed by atoms with van der Waals surface area (Å²) in [6.45, 7) is 5.81. The Hall–Kier alpha value is -1.03. The van der Waals surface area contributed by atoms with Crippen molar-refractivity contribution in [1.29, 1.82) is 0 Å². The summed E-state index contributed by atoms with van der Waals surface area (Å²) >= 11 is 0. The zero-order valence-corrected chi connectivity index (χ0v) is 9.98. The van der Waals surface area contributed by atoms with Crippen LogP contribution in [0.5, 0.6) is 0 Å². The van der Waals surface area contributed by atoms with Crippen molar-refractivity contribution in [2.45, 2.75) is 31.7 Å². The van der Waals surface area contributed by atoms with E-state index in [0.29, 0.717) is 4.90 Å². The van der Waals surface area contributed by atoms with Crippen LogP contribution in [0.25, 0.3) is 0 Å². The lowest BCUT2D eigenvalue weighted by molar-refractivity contribution is 0.588. The van der Waals surface area contributed by atoms with Gasteiger partial charge in [0.15, 0.2) is 9.84 Å². The van der Waals surface area contributed by atoms with Crippen LogP contribution in [0.1, 0.15) is 18.1 Å². The first-order chi connectivity index (χ1) is 6.90. The lowest BCUT2D eigenvalue weighted by atomic mass is 10.1. The van der Waals surface area contributed by atoms with E-state index in [-0.39, 0.29) is 11.8 Å². The molecule has 3 nitrogen and oxygen atoms in total. The maximum absolute atomic E-state index is 11.9. The van der Waals surface area contributed by atoms with E-state index < -0.39 is 9.84 Å². The summed E-state index contributed by atoms with van der Waals surface area (Å²) < 4.78 is 23.8. The van der Waals surface area contributed by atoms with Gasteiger partial charge in [-0.1, -0.05) is 0 Å². The topological polar surface area (TPSA) is 46.2 Å². The molecule has 0 aromatic heterocycles. The molecule has 0 bridgehead atoms. The summed E-state index contributed by atoms with van der Waals surface area (Å²) in [4.78, 5) is 0.448. The Labute approximate surface area is 90.4 Å². The maximum Gasteiger partial charge on any atom is 0.182 e. The normalized spacial score (nSPS) is 23.0. The number of hydrogen-bond acceptors (Lipinski definition) is 3. The first-order valence-corrected chi connectivity index (χ1v) is 6.66. The lowest BCUT2D eigenvalue weighted by Crippen LogP contribution is -2.31. The molecule has 1 aliphatic heterocycles. The molecule has 0 saturated carbocycles. The third kappa shape index (κ3) is 1.74.